The first-order valence-electron chi connectivity index (χ1n) is 8.13. The zero-order chi connectivity index (χ0) is 19.1. The molecule has 2 aliphatic rings. The van der Waals surface area contributed by atoms with E-state index in [2.05, 4.69) is 26.3 Å². The molecule has 9 heteroatoms. The van der Waals surface area contributed by atoms with Crippen molar-refractivity contribution in [3.05, 3.63) is 58.3 Å². The molecule has 2 atom stereocenters. The van der Waals surface area contributed by atoms with Crippen LogP contribution in [0.2, 0.25) is 0 Å². The molecule has 2 aromatic carbocycles. The van der Waals surface area contributed by atoms with Gasteiger partial charge < -0.3 is 4.74 Å². The molecule has 2 heterocycles. The smallest absolute Gasteiger partial charge is 0.263 e. The largest absolute Gasteiger partial charge is 0.497 e. The lowest BCUT2D eigenvalue weighted by Gasteiger charge is -2.21. The standard InChI is InChI=1S/C18H14BrFN4O3/c1-27-13-6-7-14(19)10(8-13)9-23-16-15(21-22-23)17(25)24(18(16)26)12-4-2-11(20)3-5-12/h2-8,15-16H,9H2,1H3/t15-,16+/m0/s1. The second-order valence-electron chi connectivity index (χ2n) is 6.14. The topological polar surface area (TPSA) is 74.6 Å². The van der Waals surface area contributed by atoms with E-state index in [9.17, 15) is 14.0 Å². The molecule has 2 aromatic rings. The number of amides is 2. The van der Waals surface area contributed by atoms with E-state index in [1.165, 1.54) is 29.3 Å². The van der Waals surface area contributed by atoms with Crippen LogP contribution in [0.3, 0.4) is 0 Å². The van der Waals surface area contributed by atoms with Crippen molar-refractivity contribution in [3.63, 3.8) is 0 Å². The van der Waals surface area contributed by atoms with Gasteiger partial charge in [-0.25, -0.2) is 9.29 Å². The van der Waals surface area contributed by atoms with Gasteiger partial charge in [0.05, 0.1) is 19.3 Å². The van der Waals surface area contributed by atoms with Crippen LogP contribution in [-0.2, 0) is 16.1 Å². The Hall–Kier alpha value is -2.81. The third-order valence-corrected chi connectivity index (χ3v) is 5.30. The number of hydrogen-bond donors (Lipinski definition) is 0. The molecule has 2 aliphatic heterocycles. The summed E-state index contributed by atoms with van der Waals surface area (Å²) in [5, 5.41) is 9.51. The number of hydrogen-bond acceptors (Lipinski definition) is 6. The molecule has 27 heavy (non-hydrogen) atoms. The fourth-order valence-electron chi connectivity index (χ4n) is 3.17. The zero-order valence-electron chi connectivity index (χ0n) is 14.2. The van der Waals surface area contributed by atoms with Crippen LogP contribution in [0.4, 0.5) is 10.1 Å². The summed E-state index contributed by atoms with van der Waals surface area (Å²) >= 11 is 3.47. The first kappa shape index (κ1) is 17.6. The molecule has 1 saturated heterocycles. The van der Waals surface area contributed by atoms with Crippen molar-refractivity contribution >= 4 is 33.4 Å². The molecule has 138 valence electrons. The van der Waals surface area contributed by atoms with Gasteiger partial charge in [0.25, 0.3) is 11.8 Å². The van der Waals surface area contributed by atoms with Crippen molar-refractivity contribution in [1.29, 1.82) is 0 Å². The van der Waals surface area contributed by atoms with Gasteiger partial charge in [0.1, 0.15) is 11.6 Å². The van der Waals surface area contributed by atoms with Gasteiger partial charge >= 0.3 is 0 Å². The molecular formula is C18H14BrFN4O3. The lowest BCUT2D eigenvalue weighted by Crippen LogP contribution is -2.39. The van der Waals surface area contributed by atoms with Crippen LogP contribution in [0.15, 0.2) is 57.3 Å². The minimum Gasteiger partial charge on any atom is -0.497 e. The average Bonchev–Trinajstić information content (AvgIpc) is 3.18. The van der Waals surface area contributed by atoms with Gasteiger partial charge in [-0.3, -0.25) is 14.6 Å². The molecule has 0 unspecified atom stereocenters. The molecule has 2 amide bonds. The third-order valence-electron chi connectivity index (χ3n) is 4.53. The molecule has 0 aromatic heterocycles. The first-order valence-corrected chi connectivity index (χ1v) is 8.92. The van der Waals surface area contributed by atoms with E-state index >= 15 is 0 Å². The molecule has 4 rings (SSSR count). The van der Waals surface area contributed by atoms with E-state index in [0.29, 0.717) is 11.4 Å². The van der Waals surface area contributed by atoms with Gasteiger partial charge in [-0.15, -0.1) is 0 Å². The number of fused-ring (bicyclic) bond motifs is 1. The summed E-state index contributed by atoms with van der Waals surface area (Å²) in [6, 6.07) is 8.96. The van der Waals surface area contributed by atoms with Crippen LogP contribution in [-0.4, -0.2) is 36.0 Å². The Kier molecular flexibility index (Phi) is 4.39. The molecule has 0 radical (unpaired) electrons. The highest BCUT2D eigenvalue weighted by molar-refractivity contribution is 9.10. The first-order chi connectivity index (χ1) is 13.0. The molecule has 1 fully saturated rings. The Morgan fingerprint density at radius 1 is 1.15 bits per heavy atom. The number of rotatable bonds is 4. The monoisotopic (exact) mass is 432 g/mol. The van der Waals surface area contributed by atoms with Crippen molar-refractivity contribution in [3.8, 4) is 5.75 Å². The van der Waals surface area contributed by atoms with Crippen molar-refractivity contribution < 1.29 is 18.7 Å². The summed E-state index contributed by atoms with van der Waals surface area (Å²) in [6.07, 6.45) is 0. The third kappa shape index (κ3) is 2.97. The Bertz CT molecular complexity index is 950. The van der Waals surface area contributed by atoms with Crippen LogP contribution in [0.25, 0.3) is 0 Å². The number of carbonyl (C=O) groups is 2. The predicted molar refractivity (Wildman–Crippen MR) is 97.6 cm³/mol. The Morgan fingerprint density at radius 3 is 2.59 bits per heavy atom. The summed E-state index contributed by atoms with van der Waals surface area (Å²) in [4.78, 5) is 26.6. The van der Waals surface area contributed by atoms with E-state index in [1.54, 1.807) is 7.11 Å². The van der Waals surface area contributed by atoms with Gasteiger partial charge in [0.15, 0.2) is 12.1 Å². The molecular weight excluding hydrogens is 419 g/mol. The molecule has 0 saturated carbocycles. The number of benzene rings is 2. The summed E-state index contributed by atoms with van der Waals surface area (Å²) in [7, 11) is 1.57. The maximum Gasteiger partial charge on any atom is 0.263 e. The molecule has 0 spiro atoms. The summed E-state index contributed by atoms with van der Waals surface area (Å²) in [6.45, 7) is 0.277. The number of carbonyl (C=O) groups excluding carboxylic acids is 2. The zero-order valence-corrected chi connectivity index (χ0v) is 15.8. The number of ether oxygens (including phenoxy) is 1. The maximum absolute atomic E-state index is 13.2. The maximum atomic E-state index is 13.2. The predicted octanol–water partition coefficient (Wildman–Crippen LogP) is 3.09. The fourth-order valence-corrected chi connectivity index (χ4v) is 3.54. The number of methoxy groups -OCH3 is 1. The SMILES string of the molecule is COc1ccc(Br)c(CN2N=N[C@@H]3C(=O)N(c4ccc(F)cc4)C(=O)[C@@H]32)c1. The molecule has 0 aliphatic carbocycles. The lowest BCUT2D eigenvalue weighted by atomic mass is 10.1. The lowest BCUT2D eigenvalue weighted by molar-refractivity contribution is -0.123. The molecule has 0 bridgehead atoms. The Morgan fingerprint density at radius 2 is 1.89 bits per heavy atom. The van der Waals surface area contributed by atoms with Crippen molar-refractivity contribution in [2.45, 2.75) is 18.6 Å². The van der Waals surface area contributed by atoms with E-state index in [1.807, 2.05) is 18.2 Å². The van der Waals surface area contributed by atoms with Gasteiger partial charge in [-0.05, 0) is 48.0 Å². The summed E-state index contributed by atoms with van der Waals surface area (Å²) < 4.78 is 19.2. The number of anilines is 1. The van der Waals surface area contributed by atoms with Crippen LogP contribution >= 0.6 is 15.9 Å². The normalized spacial score (nSPS) is 21.1. The van der Waals surface area contributed by atoms with Crippen molar-refractivity contribution in [2.75, 3.05) is 12.0 Å². The minimum atomic E-state index is -0.896. The van der Waals surface area contributed by atoms with Crippen molar-refractivity contribution in [1.82, 2.24) is 5.01 Å². The van der Waals surface area contributed by atoms with E-state index in [-0.39, 0.29) is 6.54 Å². The quantitative estimate of drug-likeness (QED) is 0.695. The summed E-state index contributed by atoms with van der Waals surface area (Å²) in [5.41, 5.74) is 1.16. The van der Waals surface area contributed by atoms with Gasteiger partial charge in [0, 0.05) is 4.47 Å². The van der Waals surface area contributed by atoms with Crippen LogP contribution in [0, 0.1) is 5.82 Å². The Balaban J connectivity index is 1.61. The highest BCUT2D eigenvalue weighted by Gasteiger charge is 2.54. The summed E-state index contributed by atoms with van der Waals surface area (Å²) in [5.74, 6) is -0.668. The molecule has 7 nitrogen and oxygen atoms in total. The second kappa shape index (κ2) is 6.73. The van der Waals surface area contributed by atoms with Crippen LogP contribution in [0.5, 0.6) is 5.75 Å². The molecule has 0 N–H and O–H groups in total. The van der Waals surface area contributed by atoms with Crippen LogP contribution < -0.4 is 9.64 Å². The van der Waals surface area contributed by atoms with E-state index in [0.717, 1.165) is 14.9 Å². The number of nitrogens with zero attached hydrogens (tertiary/aromatic N) is 4. The van der Waals surface area contributed by atoms with Gasteiger partial charge in [-0.1, -0.05) is 21.2 Å². The Labute approximate surface area is 162 Å². The fraction of sp³-hybridized carbons (Fsp3) is 0.222. The average molecular weight is 433 g/mol. The van der Waals surface area contributed by atoms with E-state index in [4.69, 9.17) is 4.74 Å². The van der Waals surface area contributed by atoms with Gasteiger partial charge in [-0.2, -0.15) is 5.11 Å². The van der Waals surface area contributed by atoms with Crippen LogP contribution in [0.1, 0.15) is 5.56 Å². The highest BCUT2D eigenvalue weighted by atomic mass is 79.9. The highest BCUT2D eigenvalue weighted by Crippen LogP contribution is 2.34. The van der Waals surface area contributed by atoms with Crippen molar-refractivity contribution in [2.24, 2.45) is 10.3 Å². The second-order valence-corrected chi connectivity index (χ2v) is 6.99. The number of halogens is 2. The van der Waals surface area contributed by atoms with E-state index < -0.39 is 29.7 Å². The number of imide groups is 1. The van der Waals surface area contributed by atoms with Gasteiger partial charge in [0.2, 0.25) is 0 Å². The minimum absolute atomic E-state index is 0.277.